The van der Waals surface area contributed by atoms with Gasteiger partial charge in [0.05, 0.1) is 37.6 Å². The van der Waals surface area contributed by atoms with Crippen LogP contribution in [0.5, 0.6) is 0 Å². The number of fused-ring (bicyclic) bond motifs is 2. The third-order valence-electron chi connectivity index (χ3n) is 3.96. The highest BCUT2D eigenvalue weighted by atomic mass is 16.7. The molecule has 24 heavy (non-hydrogen) atoms. The summed E-state index contributed by atoms with van der Waals surface area (Å²) in [4.78, 5) is 40.1. The smallest absolute Gasteiger partial charge is 0.345 e. The molecule has 126 valence electrons. The molecule has 1 N–H and O–H groups in total. The maximum atomic E-state index is 12.6. The van der Waals surface area contributed by atoms with E-state index >= 15 is 0 Å². The van der Waals surface area contributed by atoms with Crippen LogP contribution >= 0.6 is 0 Å². The summed E-state index contributed by atoms with van der Waals surface area (Å²) in [6, 6.07) is -1.13. The predicted octanol–water partition coefficient (Wildman–Crippen LogP) is 0.645. The number of carbonyl (C=O) groups excluding carboxylic acids is 2. The van der Waals surface area contributed by atoms with E-state index in [-0.39, 0.29) is 31.1 Å². The van der Waals surface area contributed by atoms with Gasteiger partial charge < -0.3 is 10.2 Å². The molecule has 0 unspecified atom stereocenters. The highest BCUT2D eigenvalue weighted by molar-refractivity contribution is 5.91. The summed E-state index contributed by atoms with van der Waals surface area (Å²) in [7, 11) is 0. The summed E-state index contributed by atoms with van der Waals surface area (Å²) in [6.07, 6.45) is 8.20. The first kappa shape index (κ1) is 16.1. The van der Waals surface area contributed by atoms with E-state index in [0.29, 0.717) is 12.2 Å². The standard InChI is InChI=1S/C16H19N5O3/c1-3-6-24-21-13-7-11(2)14(20(10-13)16(21)23)15(22)19-9-12-8-17-4-5-18-12/h3-5,7-8,13-14H,1,6,9-10H2,2H3,(H,19,22)/t13-,14+/m1/s1. The zero-order chi connectivity index (χ0) is 17.1. The molecule has 0 aliphatic carbocycles. The first-order chi connectivity index (χ1) is 11.6. The van der Waals surface area contributed by atoms with E-state index in [9.17, 15) is 9.59 Å². The number of hydrogen-bond donors (Lipinski definition) is 1. The van der Waals surface area contributed by atoms with Gasteiger partial charge in [-0.25, -0.2) is 4.79 Å². The van der Waals surface area contributed by atoms with Crippen LogP contribution in [0.1, 0.15) is 12.6 Å². The molecule has 0 spiro atoms. The van der Waals surface area contributed by atoms with Gasteiger partial charge in [-0.2, -0.15) is 5.06 Å². The molecule has 0 saturated carbocycles. The van der Waals surface area contributed by atoms with Gasteiger partial charge >= 0.3 is 6.03 Å². The molecular formula is C16H19N5O3. The molecule has 8 nitrogen and oxygen atoms in total. The van der Waals surface area contributed by atoms with Crippen LogP contribution in [-0.4, -0.2) is 57.1 Å². The fraction of sp³-hybridized carbons (Fsp3) is 0.375. The van der Waals surface area contributed by atoms with E-state index in [1.54, 1.807) is 24.7 Å². The van der Waals surface area contributed by atoms with Crippen molar-refractivity contribution in [1.29, 1.82) is 0 Å². The van der Waals surface area contributed by atoms with Crippen molar-refractivity contribution in [2.24, 2.45) is 0 Å². The molecule has 0 radical (unpaired) electrons. The SMILES string of the molecule is C=CCON1C(=O)N2C[C@H]1C=C(C)[C@H]2C(=O)NCc1cnccn1. The number of urea groups is 1. The summed E-state index contributed by atoms with van der Waals surface area (Å²) in [5, 5.41) is 4.12. The fourth-order valence-corrected chi connectivity index (χ4v) is 2.93. The lowest BCUT2D eigenvalue weighted by Gasteiger charge is -2.29. The Labute approximate surface area is 139 Å². The van der Waals surface area contributed by atoms with Gasteiger partial charge in [0.15, 0.2) is 0 Å². The van der Waals surface area contributed by atoms with Gasteiger partial charge in [-0.15, -0.1) is 6.58 Å². The van der Waals surface area contributed by atoms with E-state index in [1.165, 1.54) is 9.96 Å². The second-order valence-electron chi connectivity index (χ2n) is 5.64. The molecule has 8 heteroatoms. The Balaban J connectivity index is 1.69. The zero-order valence-electron chi connectivity index (χ0n) is 13.4. The molecule has 3 rings (SSSR count). The van der Waals surface area contributed by atoms with Gasteiger partial charge in [0.25, 0.3) is 0 Å². The van der Waals surface area contributed by atoms with Crippen molar-refractivity contribution in [3.8, 4) is 0 Å². The number of hydroxylamine groups is 2. The molecule has 1 aromatic heterocycles. The van der Waals surface area contributed by atoms with Gasteiger partial charge in [0.1, 0.15) is 6.04 Å². The number of hydrogen-bond acceptors (Lipinski definition) is 5. The van der Waals surface area contributed by atoms with E-state index in [1.807, 2.05) is 13.0 Å². The van der Waals surface area contributed by atoms with Gasteiger partial charge in [-0.1, -0.05) is 12.2 Å². The van der Waals surface area contributed by atoms with E-state index < -0.39 is 6.04 Å². The Morgan fingerprint density at radius 1 is 1.54 bits per heavy atom. The van der Waals surface area contributed by atoms with Gasteiger partial charge in [0, 0.05) is 12.4 Å². The maximum absolute atomic E-state index is 12.6. The van der Waals surface area contributed by atoms with Crippen LogP contribution in [0.2, 0.25) is 0 Å². The van der Waals surface area contributed by atoms with Crippen LogP contribution in [0.15, 0.2) is 42.9 Å². The lowest BCUT2D eigenvalue weighted by atomic mass is 10.00. The minimum atomic E-state index is -0.636. The molecule has 1 fully saturated rings. The predicted molar refractivity (Wildman–Crippen MR) is 85.3 cm³/mol. The van der Waals surface area contributed by atoms with Crippen LogP contribution in [0.25, 0.3) is 0 Å². The topological polar surface area (TPSA) is 87.7 Å². The molecule has 3 heterocycles. The molecule has 1 aromatic rings. The van der Waals surface area contributed by atoms with Crippen molar-refractivity contribution in [1.82, 2.24) is 25.2 Å². The molecule has 2 bridgehead atoms. The molecule has 2 atom stereocenters. The van der Waals surface area contributed by atoms with Gasteiger partial charge in [-0.3, -0.25) is 19.6 Å². The van der Waals surface area contributed by atoms with E-state index in [2.05, 4.69) is 21.9 Å². The largest absolute Gasteiger partial charge is 0.348 e. The van der Waals surface area contributed by atoms with Crippen molar-refractivity contribution in [3.63, 3.8) is 0 Å². The Bertz CT molecular complexity index is 676. The number of aromatic nitrogens is 2. The lowest BCUT2D eigenvalue weighted by Crippen LogP contribution is -2.49. The number of carbonyl (C=O) groups is 2. The first-order valence-corrected chi connectivity index (χ1v) is 7.66. The van der Waals surface area contributed by atoms with E-state index in [0.717, 1.165) is 5.57 Å². The number of nitrogens with one attached hydrogen (secondary N) is 1. The summed E-state index contributed by atoms with van der Waals surface area (Å²) in [6.45, 7) is 6.35. The molecule has 3 amide bonds. The highest BCUT2D eigenvalue weighted by Gasteiger charge is 2.47. The number of amides is 3. The van der Waals surface area contributed by atoms with Crippen LogP contribution in [0.4, 0.5) is 4.79 Å². The Hall–Kier alpha value is -2.74. The summed E-state index contributed by atoms with van der Waals surface area (Å²) >= 11 is 0. The normalized spacial score (nSPS) is 22.4. The second-order valence-corrected chi connectivity index (χ2v) is 5.64. The third kappa shape index (κ3) is 3.00. The van der Waals surface area contributed by atoms with Crippen molar-refractivity contribution in [3.05, 3.63) is 48.6 Å². The number of rotatable bonds is 6. The Morgan fingerprint density at radius 2 is 2.38 bits per heavy atom. The minimum Gasteiger partial charge on any atom is -0.348 e. The average Bonchev–Trinajstić information content (AvgIpc) is 2.83. The first-order valence-electron chi connectivity index (χ1n) is 7.66. The monoisotopic (exact) mass is 329 g/mol. The van der Waals surface area contributed by atoms with Crippen molar-refractivity contribution in [2.45, 2.75) is 25.6 Å². The van der Waals surface area contributed by atoms with Gasteiger partial charge in [0.2, 0.25) is 5.91 Å². The minimum absolute atomic E-state index is 0.179. The quantitative estimate of drug-likeness (QED) is 0.774. The number of nitrogens with zero attached hydrogens (tertiary/aromatic N) is 4. The molecule has 1 saturated heterocycles. The molecular weight excluding hydrogens is 310 g/mol. The molecule has 2 aliphatic rings. The molecule has 2 aliphatic heterocycles. The summed E-state index contributed by atoms with van der Waals surface area (Å²) < 4.78 is 0. The highest BCUT2D eigenvalue weighted by Crippen LogP contribution is 2.29. The second kappa shape index (κ2) is 6.79. The van der Waals surface area contributed by atoms with Crippen LogP contribution in [0.3, 0.4) is 0 Å². The molecule has 0 aromatic carbocycles. The Morgan fingerprint density at radius 3 is 3.08 bits per heavy atom. The van der Waals surface area contributed by atoms with Crippen LogP contribution in [0, 0.1) is 0 Å². The van der Waals surface area contributed by atoms with Crippen molar-refractivity contribution in [2.75, 3.05) is 13.2 Å². The zero-order valence-corrected chi connectivity index (χ0v) is 13.4. The average molecular weight is 329 g/mol. The van der Waals surface area contributed by atoms with Crippen LogP contribution in [-0.2, 0) is 16.2 Å². The van der Waals surface area contributed by atoms with Crippen LogP contribution < -0.4 is 5.32 Å². The lowest BCUT2D eigenvalue weighted by molar-refractivity contribution is -0.124. The van der Waals surface area contributed by atoms with Crippen molar-refractivity contribution < 1.29 is 14.4 Å². The third-order valence-corrected chi connectivity index (χ3v) is 3.96. The summed E-state index contributed by atoms with van der Waals surface area (Å²) in [5.41, 5.74) is 1.48. The summed E-state index contributed by atoms with van der Waals surface area (Å²) in [5.74, 6) is -0.244. The van der Waals surface area contributed by atoms with E-state index in [4.69, 9.17) is 4.84 Å². The fourth-order valence-electron chi connectivity index (χ4n) is 2.93. The maximum Gasteiger partial charge on any atom is 0.345 e. The Kier molecular flexibility index (Phi) is 4.57. The van der Waals surface area contributed by atoms with Gasteiger partial charge in [-0.05, 0) is 12.5 Å². The van der Waals surface area contributed by atoms with Crippen molar-refractivity contribution >= 4 is 11.9 Å².